The zero-order valence-electron chi connectivity index (χ0n) is 10.1. The smallest absolute Gasteiger partial charge is 0.244 e. The fraction of sp³-hybridized carbons (Fsp3) is 0.583. The number of aliphatic hydroxyl groups excluding tert-OH is 1. The highest BCUT2D eigenvalue weighted by Gasteiger charge is 2.30. The minimum Gasteiger partial charge on any atom is -0.393 e. The Bertz CT molecular complexity index is 410. The summed E-state index contributed by atoms with van der Waals surface area (Å²) in [5, 5.41) is 18.6. The molecule has 0 aromatic heterocycles. The van der Waals surface area contributed by atoms with Crippen LogP contribution in [0, 0.1) is 0 Å². The maximum atomic E-state index is 11.3. The molecule has 0 aromatic rings. The van der Waals surface area contributed by atoms with Crippen molar-refractivity contribution in [2.75, 3.05) is 6.54 Å². The second-order valence-electron chi connectivity index (χ2n) is 4.96. The number of carbonyl (C=O) groups excluding carboxylic acids is 1. The molecule has 2 aliphatic heterocycles. The van der Waals surface area contributed by atoms with Gasteiger partial charge in [-0.1, -0.05) is 0 Å². The number of aliphatic hydroxyl groups is 1. The van der Waals surface area contributed by atoms with Crippen LogP contribution in [0.5, 0.6) is 0 Å². The molecule has 98 valence electrons. The summed E-state index contributed by atoms with van der Waals surface area (Å²) in [5.74, 6) is 1.62. The van der Waals surface area contributed by atoms with Crippen LogP contribution in [0.15, 0.2) is 24.0 Å². The Balaban J connectivity index is 1.77. The first kappa shape index (κ1) is 11.4. The second-order valence-corrected chi connectivity index (χ2v) is 4.96. The van der Waals surface area contributed by atoms with E-state index in [2.05, 4.69) is 20.9 Å². The summed E-state index contributed by atoms with van der Waals surface area (Å²) < 4.78 is 0. The number of nitrogens with zero attached hydrogens (tertiary/aromatic N) is 1. The average molecular weight is 250 g/mol. The highest BCUT2D eigenvalue weighted by atomic mass is 16.3. The van der Waals surface area contributed by atoms with Crippen molar-refractivity contribution in [3.8, 4) is 0 Å². The van der Waals surface area contributed by atoms with Crippen LogP contribution in [-0.4, -0.2) is 34.6 Å². The maximum Gasteiger partial charge on any atom is 0.244 e. The van der Waals surface area contributed by atoms with Crippen molar-refractivity contribution < 1.29 is 9.90 Å². The van der Waals surface area contributed by atoms with Gasteiger partial charge in [-0.2, -0.15) is 0 Å². The van der Waals surface area contributed by atoms with Gasteiger partial charge in [0.1, 0.15) is 5.82 Å². The predicted octanol–water partition coefficient (Wildman–Crippen LogP) is -0.488. The minimum atomic E-state index is -0.152. The third-order valence-corrected chi connectivity index (χ3v) is 3.70. The molecule has 0 aromatic carbocycles. The first-order chi connectivity index (χ1) is 8.74. The summed E-state index contributed by atoms with van der Waals surface area (Å²) >= 11 is 0. The lowest BCUT2D eigenvalue weighted by molar-refractivity contribution is -0.120. The Labute approximate surface area is 106 Å². The van der Waals surface area contributed by atoms with Crippen LogP contribution >= 0.6 is 0 Å². The molecule has 1 aliphatic carbocycles. The summed E-state index contributed by atoms with van der Waals surface area (Å²) in [6.45, 7) is 0.306. The number of nitrogens with one attached hydrogen (secondary N) is 3. The number of hydrogen-bond acceptors (Lipinski definition) is 5. The first-order valence-corrected chi connectivity index (χ1v) is 6.41. The maximum absolute atomic E-state index is 11.3. The van der Waals surface area contributed by atoms with E-state index in [0.29, 0.717) is 12.6 Å². The molecule has 3 aliphatic rings. The van der Waals surface area contributed by atoms with Crippen LogP contribution in [-0.2, 0) is 4.79 Å². The largest absolute Gasteiger partial charge is 0.393 e. The highest BCUT2D eigenvalue weighted by Crippen LogP contribution is 2.27. The van der Waals surface area contributed by atoms with Crippen LogP contribution in [0.1, 0.15) is 25.7 Å². The summed E-state index contributed by atoms with van der Waals surface area (Å²) in [6.07, 6.45) is 7.30. The van der Waals surface area contributed by atoms with E-state index in [4.69, 9.17) is 0 Å². The molecule has 3 rings (SSSR count). The molecule has 0 spiro atoms. The predicted molar refractivity (Wildman–Crippen MR) is 65.5 cm³/mol. The van der Waals surface area contributed by atoms with Crippen molar-refractivity contribution >= 4 is 5.91 Å². The normalized spacial score (nSPS) is 31.4. The molecule has 1 saturated carbocycles. The summed E-state index contributed by atoms with van der Waals surface area (Å²) in [7, 11) is 0. The molecular formula is C12H18N4O2. The van der Waals surface area contributed by atoms with E-state index in [0.717, 1.165) is 37.3 Å². The monoisotopic (exact) mass is 250 g/mol. The molecule has 0 unspecified atom stereocenters. The third kappa shape index (κ3) is 2.03. The van der Waals surface area contributed by atoms with E-state index in [9.17, 15) is 9.90 Å². The van der Waals surface area contributed by atoms with Crippen molar-refractivity contribution in [3.05, 3.63) is 24.0 Å². The van der Waals surface area contributed by atoms with Gasteiger partial charge in [-0.25, -0.2) is 0 Å². The number of hydrogen-bond donors (Lipinski definition) is 4. The van der Waals surface area contributed by atoms with Gasteiger partial charge in [-0.05, 0) is 25.7 Å². The quantitative estimate of drug-likeness (QED) is 0.505. The van der Waals surface area contributed by atoms with E-state index >= 15 is 0 Å². The summed E-state index contributed by atoms with van der Waals surface area (Å²) in [6, 6.07) is 0.388. The molecule has 1 amide bonds. The van der Waals surface area contributed by atoms with Gasteiger partial charge in [0.15, 0.2) is 5.82 Å². The molecule has 4 N–H and O–H groups in total. The van der Waals surface area contributed by atoms with Gasteiger partial charge in [-0.15, -0.1) is 0 Å². The SMILES string of the molecule is O=C1CNC2=C(NC=CN2C2CCC(O)CC2)N1. The van der Waals surface area contributed by atoms with Gasteiger partial charge in [0, 0.05) is 18.4 Å². The molecule has 0 radical (unpaired) electrons. The standard InChI is InChI=1S/C12H18N4O2/c17-9-3-1-8(2-4-9)16-6-5-13-11-12(16)14-7-10(18)15-11/h5-6,8-9,13-14,17H,1-4,7H2,(H,15,18). The van der Waals surface area contributed by atoms with Crippen LogP contribution in [0.2, 0.25) is 0 Å². The topological polar surface area (TPSA) is 76.6 Å². The molecule has 0 atom stereocenters. The Morgan fingerprint density at radius 1 is 1.28 bits per heavy atom. The van der Waals surface area contributed by atoms with Crippen LogP contribution in [0.3, 0.4) is 0 Å². The lowest BCUT2D eigenvalue weighted by Crippen LogP contribution is -2.52. The third-order valence-electron chi connectivity index (χ3n) is 3.70. The van der Waals surface area contributed by atoms with E-state index < -0.39 is 0 Å². The molecule has 2 heterocycles. The molecule has 18 heavy (non-hydrogen) atoms. The van der Waals surface area contributed by atoms with E-state index in [1.54, 1.807) is 0 Å². The molecule has 0 bridgehead atoms. The zero-order valence-corrected chi connectivity index (χ0v) is 10.1. The van der Waals surface area contributed by atoms with Crippen molar-refractivity contribution in [2.24, 2.45) is 0 Å². The van der Waals surface area contributed by atoms with E-state index in [1.807, 2.05) is 12.4 Å². The minimum absolute atomic E-state index is 0.0319. The molecule has 0 saturated heterocycles. The lowest BCUT2D eigenvalue weighted by atomic mass is 9.92. The fourth-order valence-electron chi connectivity index (χ4n) is 2.74. The van der Waals surface area contributed by atoms with Crippen molar-refractivity contribution in [3.63, 3.8) is 0 Å². The Morgan fingerprint density at radius 2 is 2.06 bits per heavy atom. The Hall–Kier alpha value is -1.69. The lowest BCUT2D eigenvalue weighted by Gasteiger charge is -2.40. The Morgan fingerprint density at radius 3 is 2.83 bits per heavy atom. The molecule has 6 heteroatoms. The van der Waals surface area contributed by atoms with Gasteiger partial charge in [-0.3, -0.25) is 4.79 Å². The van der Waals surface area contributed by atoms with Crippen LogP contribution in [0.4, 0.5) is 0 Å². The van der Waals surface area contributed by atoms with E-state index in [1.165, 1.54) is 0 Å². The fourth-order valence-corrected chi connectivity index (χ4v) is 2.74. The summed E-state index contributed by atoms with van der Waals surface area (Å²) in [5.41, 5.74) is 0. The number of carbonyl (C=O) groups is 1. The molecule has 1 fully saturated rings. The molecule has 6 nitrogen and oxygen atoms in total. The Kier molecular flexibility index (Phi) is 2.87. The van der Waals surface area contributed by atoms with Gasteiger partial charge < -0.3 is 26.0 Å². The average Bonchev–Trinajstić information content (AvgIpc) is 2.38. The number of rotatable bonds is 1. The van der Waals surface area contributed by atoms with Crippen molar-refractivity contribution in [1.29, 1.82) is 0 Å². The van der Waals surface area contributed by atoms with Crippen LogP contribution < -0.4 is 16.0 Å². The van der Waals surface area contributed by atoms with E-state index in [-0.39, 0.29) is 12.0 Å². The summed E-state index contributed by atoms with van der Waals surface area (Å²) in [4.78, 5) is 13.5. The van der Waals surface area contributed by atoms with Crippen molar-refractivity contribution in [1.82, 2.24) is 20.9 Å². The number of amides is 1. The van der Waals surface area contributed by atoms with Crippen molar-refractivity contribution in [2.45, 2.75) is 37.8 Å². The van der Waals surface area contributed by atoms with Gasteiger partial charge in [0.2, 0.25) is 5.91 Å². The highest BCUT2D eigenvalue weighted by molar-refractivity contribution is 5.81. The van der Waals surface area contributed by atoms with Gasteiger partial charge in [0.25, 0.3) is 0 Å². The first-order valence-electron chi connectivity index (χ1n) is 6.41. The van der Waals surface area contributed by atoms with Crippen LogP contribution in [0.25, 0.3) is 0 Å². The zero-order chi connectivity index (χ0) is 12.5. The van der Waals surface area contributed by atoms with Gasteiger partial charge >= 0.3 is 0 Å². The second kappa shape index (κ2) is 4.53. The van der Waals surface area contributed by atoms with Gasteiger partial charge in [0.05, 0.1) is 12.6 Å². The molecular weight excluding hydrogens is 232 g/mol.